The molecule has 0 aliphatic carbocycles. The molecule has 2 unspecified atom stereocenters. The van der Waals surface area contributed by atoms with E-state index in [1.807, 2.05) is 42.2 Å². The predicted octanol–water partition coefficient (Wildman–Crippen LogP) is 7.46. The van der Waals surface area contributed by atoms with Crippen molar-refractivity contribution in [2.24, 2.45) is 17.8 Å². The number of H-pyrrole nitrogens is 1. The van der Waals surface area contributed by atoms with Crippen LogP contribution in [0.25, 0.3) is 33.5 Å². The van der Waals surface area contributed by atoms with Crippen LogP contribution in [0.2, 0.25) is 0 Å². The molecular weight excluding hydrogens is 870 g/mol. The van der Waals surface area contributed by atoms with Crippen molar-refractivity contribution in [3.63, 3.8) is 0 Å². The largest absolute Gasteiger partial charge is 0.495 e. The number of rotatable bonds is 12. The van der Waals surface area contributed by atoms with Gasteiger partial charge in [-0.05, 0) is 123 Å². The molecule has 0 saturated carbocycles. The maximum Gasteiger partial charge on any atom is 0.328 e. The number of hydrogen-bond donors (Lipinski definition) is 4. The summed E-state index contributed by atoms with van der Waals surface area (Å²) in [6.45, 7) is 11.1. The molecule has 0 spiro atoms. The Morgan fingerprint density at radius 2 is 1.69 bits per heavy atom. The summed E-state index contributed by atoms with van der Waals surface area (Å²) in [5.74, 6) is 1.23. The van der Waals surface area contributed by atoms with Gasteiger partial charge >= 0.3 is 12.1 Å². The topological polar surface area (TPSA) is 186 Å². The van der Waals surface area contributed by atoms with Gasteiger partial charge in [-0.25, -0.2) is 23.9 Å². The number of anilines is 2. The fourth-order valence-corrected chi connectivity index (χ4v) is 10.2. The third-order valence-electron chi connectivity index (χ3n) is 14.0. The van der Waals surface area contributed by atoms with Crippen molar-refractivity contribution in [2.75, 3.05) is 69.7 Å². The smallest absolute Gasteiger partial charge is 0.328 e. The van der Waals surface area contributed by atoms with Gasteiger partial charge in [0.05, 0.1) is 24.6 Å². The lowest BCUT2D eigenvalue weighted by molar-refractivity contribution is -0.120. The van der Waals surface area contributed by atoms with Crippen LogP contribution in [-0.2, 0) is 4.79 Å². The number of piperidine rings is 2. The third kappa shape index (κ3) is 10.1. The van der Waals surface area contributed by atoms with Crippen LogP contribution in [0.15, 0.2) is 67.0 Å². The number of halogens is 1. The first kappa shape index (κ1) is 46.5. The van der Waals surface area contributed by atoms with Crippen LogP contribution in [0, 0.1) is 30.5 Å². The number of aromatic nitrogens is 3. The molecule has 4 aliphatic heterocycles. The molecule has 2 aromatic heterocycles. The number of urea groups is 2. The van der Waals surface area contributed by atoms with Crippen LogP contribution in [-0.4, -0.2) is 130 Å². The lowest BCUT2D eigenvalue weighted by Gasteiger charge is -2.37. The SMILES string of the molecule is COc1ccc(C(=O)N2CCC(CN3CCC(Oc4ccc(-c5cc6c(-c7cc(F)cc(NC(=O)N8CC(O)C(CC(C)C)C8)c7C)ncnc6[nH]5)cc4)CC3)CC2)cc1N1CCC(=O)NC1=O. The second-order valence-corrected chi connectivity index (χ2v) is 19.1. The summed E-state index contributed by atoms with van der Waals surface area (Å²) in [7, 11) is 1.51. The molecule has 0 radical (unpaired) electrons. The Bertz CT molecular complexity index is 2680. The minimum absolute atomic E-state index is 0.00486. The normalized spacial score (nSPS) is 19.8. The molecule has 3 aromatic carbocycles. The fraction of sp³-hybridized carbons (Fsp3) is 0.451. The number of methoxy groups -OCH3 is 1. The van der Waals surface area contributed by atoms with Crippen molar-refractivity contribution in [1.29, 1.82) is 0 Å². The lowest BCUT2D eigenvalue weighted by Crippen LogP contribution is -2.49. The number of nitrogens with zero attached hydrogens (tertiary/aromatic N) is 6. The number of hydrogen-bond acceptors (Lipinski definition) is 10. The van der Waals surface area contributed by atoms with E-state index < -0.39 is 18.0 Å². The number of likely N-dealkylation sites (tertiary alicyclic amines) is 3. The van der Waals surface area contributed by atoms with Crippen molar-refractivity contribution >= 4 is 46.3 Å². The second-order valence-electron chi connectivity index (χ2n) is 19.1. The molecule has 358 valence electrons. The first-order valence-electron chi connectivity index (χ1n) is 23.8. The van der Waals surface area contributed by atoms with E-state index in [2.05, 4.69) is 44.3 Å². The number of benzene rings is 3. The van der Waals surface area contributed by atoms with Crippen LogP contribution < -0.4 is 25.0 Å². The van der Waals surface area contributed by atoms with Crippen LogP contribution in [0.4, 0.5) is 25.4 Å². The fourth-order valence-electron chi connectivity index (χ4n) is 10.2. The highest BCUT2D eigenvalue weighted by Gasteiger charge is 2.35. The molecule has 9 rings (SSSR count). The van der Waals surface area contributed by atoms with E-state index in [0.29, 0.717) is 82.0 Å². The van der Waals surface area contributed by atoms with Crippen LogP contribution >= 0.6 is 0 Å². The summed E-state index contributed by atoms with van der Waals surface area (Å²) in [6, 6.07) is 16.9. The van der Waals surface area contributed by atoms with Crippen LogP contribution in [0.1, 0.15) is 68.3 Å². The van der Waals surface area contributed by atoms with Gasteiger partial charge < -0.3 is 39.6 Å². The molecule has 4 saturated heterocycles. The number of nitrogens with one attached hydrogen (secondary N) is 3. The second kappa shape index (κ2) is 19.9. The Labute approximate surface area is 395 Å². The number of aliphatic hydroxyl groups excluding tert-OH is 1. The minimum Gasteiger partial charge on any atom is -0.495 e. The number of carbonyl (C=O) groups is 4. The Balaban J connectivity index is 0.764. The highest BCUT2D eigenvalue weighted by atomic mass is 19.1. The lowest BCUT2D eigenvalue weighted by atomic mass is 9.94. The summed E-state index contributed by atoms with van der Waals surface area (Å²) in [5, 5.41) is 16.5. The van der Waals surface area contributed by atoms with Gasteiger partial charge in [0.2, 0.25) is 5.91 Å². The molecule has 4 fully saturated rings. The number of β-amino-alcohol motifs (C(OH)–C–C–N with tert-alkyl or cyclic N) is 1. The molecule has 6 amide bonds. The molecule has 0 bridgehead atoms. The Kier molecular flexibility index (Phi) is 13.6. The number of aliphatic hydroxyl groups is 1. The molecule has 68 heavy (non-hydrogen) atoms. The summed E-state index contributed by atoms with van der Waals surface area (Å²) in [6.07, 6.45) is 5.60. The van der Waals surface area contributed by atoms with Crippen molar-refractivity contribution in [3.8, 4) is 34.0 Å². The predicted molar refractivity (Wildman–Crippen MR) is 256 cm³/mol. The zero-order valence-corrected chi connectivity index (χ0v) is 39.1. The molecule has 16 nitrogen and oxygen atoms in total. The molecule has 2 atom stereocenters. The monoisotopic (exact) mass is 929 g/mol. The van der Waals surface area contributed by atoms with Gasteiger partial charge in [0.25, 0.3) is 5.91 Å². The van der Waals surface area contributed by atoms with E-state index in [-0.39, 0.29) is 49.4 Å². The van der Waals surface area contributed by atoms with E-state index in [9.17, 15) is 24.3 Å². The maximum absolute atomic E-state index is 15.2. The molecule has 5 aromatic rings. The third-order valence-corrected chi connectivity index (χ3v) is 14.0. The Morgan fingerprint density at radius 3 is 2.41 bits per heavy atom. The van der Waals surface area contributed by atoms with Crippen molar-refractivity contribution in [1.82, 2.24) is 35.0 Å². The first-order chi connectivity index (χ1) is 32.8. The van der Waals surface area contributed by atoms with Crippen molar-refractivity contribution in [2.45, 2.75) is 71.5 Å². The molecule has 6 heterocycles. The van der Waals surface area contributed by atoms with Crippen LogP contribution in [0.5, 0.6) is 11.5 Å². The zero-order chi connectivity index (χ0) is 47.6. The highest BCUT2D eigenvalue weighted by Crippen LogP contribution is 2.37. The van der Waals surface area contributed by atoms with E-state index in [1.54, 1.807) is 23.1 Å². The zero-order valence-electron chi connectivity index (χ0n) is 39.1. The van der Waals surface area contributed by atoms with Gasteiger partial charge in [-0.15, -0.1) is 0 Å². The number of amides is 6. The van der Waals surface area contributed by atoms with Crippen molar-refractivity contribution < 1.29 is 38.1 Å². The number of imide groups is 1. The number of carbonyl (C=O) groups excluding carboxylic acids is 4. The Hall–Kier alpha value is -6.59. The summed E-state index contributed by atoms with van der Waals surface area (Å²) in [4.78, 5) is 71.1. The highest BCUT2D eigenvalue weighted by molar-refractivity contribution is 6.07. The summed E-state index contributed by atoms with van der Waals surface area (Å²) >= 11 is 0. The number of ether oxygens (including phenoxy) is 2. The average molecular weight is 930 g/mol. The molecule has 17 heteroatoms. The quantitative estimate of drug-likeness (QED) is 0.0979. The van der Waals surface area contributed by atoms with Gasteiger partial charge in [-0.2, -0.15) is 0 Å². The molecule has 4 N–H and O–H groups in total. The minimum atomic E-state index is -0.590. The van der Waals surface area contributed by atoms with E-state index in [1.165, 1.54) is 30.5 Å². The maximum atomic E-state index is 15.2. The number of fused-ring (bicyclic) bond motifs is 1. The summed E-state index contributed by atoms with van der Waals surface area (Å²) in [5.41, 5.74) is 5.38. The summed E-state index contributed by atoms with van der Waals surface area (Å²) < 4.78 is 27.2. The molecular formula is C51H60FN9O7. The number of aromatic amines is 1. The Morgan fingerprint density at radius 1 is 0.926 bits per heavy atom. The van der Waals surface area contributed by atoms with Gasteiger partial charge in [0.15, 0.2) is 0 Å². The molecule has 4 aliphatic rings. The van der Waals surface area contributed by atoms with Crippen LogP contribution in [0.3, 0.4) is 0 Å². The van der Waals surface area contributed by atoms with Crippen molar-refractivity contribution in [3.05, 3.63) is 83.9 Å². The first-order valence-corrected chi connectivity index (χ1v) is 23.8. The average Bonchev–Trinajstić information content (AvgIpc) is 3.94. The van der Waals surface area contributed by atoms with E-state index >= 15 is 4.39 Å². The van der Waals surface area contributed by atoms with Gasteiger partial charge in [0.1, 0.15) is 35.4 Å². The van der Waals surface area contributed by atoms with E-state index in [4.69, 9.17) is 9.47 Å². The van der Waals surface area contributed by atoms with Gasteiger partial charge in [-0.1, -0.05) is 13.8 Å². The van der Waals surface area contributed by atoms with E-state index in [0.717, 1.165) is 68.7 Å². The van der Waals surface area contributed by atoms with Gasteiger partial charge in [0, 0.05) is 92.6 Å². The van der Waals surface area contributed by atoms with Gasteiger partial charge in [-0.3, -0.25) is 19.8 Å². The standard InChI is InChI=1S/C51H60FN9O7/c1-30(2)21-35-27-60(28-44(35)62)50(65)56-41-24-36(52)23-39(31(41)3)47-40-25-42(55-48(40)54-29-53-47)33-5-8-37(9-6-33)68-38-13-16-58(17-14-38)26-32-11-18-59(19-12-32)49(64)34-7-10-45(67-4)43(22-34)61-20-15-46(63)57-51(61)66/h5-10,22-25,29-30,32,35,38,44,62H,11-21,26-28H2,1-4H3,(H,56,65)(H,53,54,55)(H,57,63,66).